The Morgan fingerprint density at radius 3 is 2.50 bits per heavy atom. The minimum Gasteiger partial charge on any atom is -0.352 e. The predicted molar refractivity (Wildman–Crippen MR) is 81.9 cm³/mol. The highest BCUT2D eigenvalue weighted by molar-refractivity contribution is 6.31. The van der Waals surface area contributed by atoms with Crippen LogP contribution in [0.4, 0.5) is 13.2 Å². The lowest BCUT2D eigenvalue weighted by Crippen LogP contribution is -2.26. The average Bonchev–Trinajstić information content (AvgIpc) is 2.97. The Morgan fingerprint density at radius 2 is 2.00 bits per heavy atom. The summed E-state index contributed by atoms with van der Waals surface area (Å²) in [5.41, 5.74) is 0.363. The van der Waals surface area contributed by atoms with Crippen LogP contribution in [0.3, 0.4) is 0 Å². The third-order valence-corrected chi connectivity index (χ3v) is 4.17. The van der Waals surface area contributed by atoms with Crippen LogP contribution in [0.1, 0.15) is 33.9 Å². The molecule has 2 rings (SSSR count). The van der Waals surface area contributed by atoms with Gasteiger partial charge in [0.15, 0.2) is 5.69 Å². The van der Waals surface area contributed by atoms with Gasteiger partial charge in [-0.05, 0) is 20.3 Å². The van der Waals surface area contributed by atoms with Gasteiger partial charge in [0.1, 0.15) is 0 Å². The Bertz CT molecular complexity index is 750. The van der Waals surface area contributed by atoms with Crippen LogP contribution < -0.4 is 5.32 Å². The Balaban J connectivity index is 1.91. The van der Waals surface area contributed by atoms with Crippen LogP contribution in [-0.2, 0) is 19.8 Å². The molecule has 6 nitrogen and oxygen atoms in total. The Labute approximate surface area is 141 Å². The SMILES string of the molecule is Cc1c(C(=O)NCCCn2nc(C(F)(F)F)c(Cl)c2C)cnn1C. The van der Waals surface area contributed by atoms with E-state index in [0.29, 0.717) is 18.5 Å². The summed E-state index contributed by atoms with van der Waals surface area (Å²) in [5, 5.41) is 9.80. The molecular formula is C14H17ClF3N5O. The van der Waals surface area contributed by atoms with Crippen molar-refractivity contribution in [2.75, 3.05) is 6.54 Å². The van der Waals surface area contributed by atoms with Crippen LogP contribution in [-0.4, -0.2) is 32.0 Å². The van der Waals surface area contributed by atoms with Crippen LogP contribution in [0.2, 0.25) is 5.02 Å². The van der Waals surface area contributed by atoms with Crippen molar-refractivity contribution in [3.05, 3.63) is 33.9 Å². The van der Waals surface area contributed by atoms with Crippen LogP contribution >= 0.6 is 11.6 Å². The molecule has 0 aliphatic heterocycles. The normalized spacial score (nSPS) is 11.8. The summed E-state index contributed by atoms with van der Waals surface area (Å²) >= 11 is 5.68. The topological polar surface area (TPSA) is 64.7 Å². The molecule has 0 radical (unpaired) electrons. The molecule has 0 aliphatic rings. The van der Waals surface area contributed by atoms with Gasteiger partial charge in [0, 0.05) is 25.8 Å². The smallest absolute Gasteiger partial charge is 0.352 e. The zero-order valence-electron chi connectivity index (χ0n) is 13.4. The number of hydrogen-bond donors (Lipinski definition) is 1. The van der Waals surface area contributed by atoms with Gasteiger partial charge in [0.05, 0.1) is 22.5 Å². The van der Waals surface area contributed by atoms with E-state index in [9.17, 15) is 18.0 Å². The number of carbonyl (C=O) groups excluding carboxylic acids is 1. The van der Waals surface area contributed by atoms with Crippen molar-refractivity contribution in [3.8, 4) is 0 Å². The maximum absolute atomic E-state index is 12.7. The first-order valence-corrected chi connectivity index (χ1v) is 7.57. The first-order valence-electron chi connectivity index (χ1n) is 7.19. The standard InChI is InChI=1S/C14H17ClF3N5O/c1-8-10(7-20-22(8)3)13(24)19-5-4-6-23-9(2)11(15)12(21-23)14(16,17)18/h7H,4-6H2,1-3H3,(H,19,24). The lowest BCUT2D eigenvalue weighted by molar-refractivity contribution is -0.141. The molecule has 1 N–H and O–H groups in total. The third-order valence-electron chi connectivity index (χ3n) is 3.71. The molecule has 0 atom stereocenters. The van der Waals surface area contributed by atoms with Crippen LogP contribution in [0.25, 0.3) is 0 Å². The third kappa shape index (κ3) is 3.72. The molecule has 2 aromatic heterocycles. The van der Waals surface area contributed by atoms with E-state index in [1.54, 1.807) is 18.7 Å². The monoisotopic (exact) mass is 363 g/mol. The number of alkyl halides is 3. The van der Waals surface area contributed by atoms with E-state index in [-0.39, 0.29) is 18.1 Å². The second-order valence-electron chi connectivity index (χ2n) is 5.35. The molecule has 0 saturated carbocycles. The fourth-order valence-electron chi connectivity index (χ4n) is 2.17. The van der Waals surface area contributed by atoms with Gasteiger partial charge in [-0.1, -0.05) is 11.6 Å². The number of carbonyl (C=O) groups is 1. The Hall–Kier alpha value is -2.03. The fraction of sp³-hybridized carbons (Fsp3) is 0.500. The number of aromatic nitrogens is 4. The second-order valence-corrected chi connectivity index (χ2v) is 5.72. The van der Waals surface area contributed by atoms with E-state index in [4.69, 9.17) is 11.6 Å². The summed E-state index contributed by atoms with van der Waals surface area (Å²) in [6.45, 7) is 3.76. The Kier molecular flexibility index (Phi) is 5.22. The van der Waals surface area contributed by atoms with Gasteiger partial charge in [0.2, 0.25) is 0 Å². The number of aryl methyl sites for hydroxylation is 2. The molecule has 0 aliphatic carbocycles. The molecule has 2 heterocycles. The van der Waals surface area contributed by atoms with Crippen molar-refractivity contribution in [1.29, 1.82) is 0 Å². The van der Waals surface area contributed by atoms with E-state index in [2.05, 4.69) is 15.5 Å². The molecule has 10 heteroatoms. The first-order chi connectivity index (χ1) is 11.1. The Morgan fingerprint density at radius 1 is 1.33 bits per heavy atom. The summed E-state index contributed by atoms with van der Waals surface area (Å²) in [6.07, 6.45) is -2.70. The van der Waals surface area contributed by atoms with E-state index < -0.39 is 16.9 Å². The molecule has 0 unspecified atom stereocenters. The van der Waals surface area contributed by atoms with Crippen molar-refractivity contribution in [3.63, 3.8) is 0 Å². The van der Waals surface area contributed by atoms with Gasteiger partial charge in [-0.3, -0.25) is 14.2 Å². The zero-order valence-corrected chi connectivity index (χ0v) is 14.2. The first kappa shape index (κ1) is 18.3. The number of hydrogen-bond acceptors (Lipinski definition) is 3. The van der Waals surface area contributed by atoms with Crippen LogP contribution in [0.15, 0.2) is 6.20 Å². The van der Waals surface area contributed by atoms with Crippen molar-refractivity contribution >= 4 is 17.5 Å². The molecular weight excluding hydrogens is 347 g/mol. The number of halogens is 4. The van der Waals surface area contributed by atoms with Crippen molar-refractivity contribution in [2.45, 2.75) is 33.0 Å². The summed E-state index contributed by atoms with van der Waals surface area (Å²) < 4.78 is 41.0. The highest BCUT2D eigenvalue weighted by atomic mass is 35.5. The molecule has 0 aromatic carbocycles. The molecule has 1 amide bonds. The van der Waals surface area contributed by atoms with Gasteiger partial charge in [0.25, 0.3) is 5.91 Å². The van der Waals surface area contributed by atoms with Gasteiger partial charge >= 0.3 is 6.18 Å². The summed E-state index contributed by atoms with van der Waals surface area (Å²) in [5.74, 6) is -0.271. The van der Waals surface area contributed by atoms with E-state index in [1.807, 2.05) is 0 Å². The predicted octanol–water partition coefficient (Wildman–Crippen LogP) is 2.73. The van der Waals surface area contributed by atoms with Crippen LogP contribution in [0, 0.1) is 13.8 Å². The number of nitrogens with zero attached hydrogens (tertiary/aromatic N) is 4. The molecule has 2 aromatic rings. The van der Waals surface area contributed by atoms with Crippen molar-refractivity contribution in [1.82, 2.24) is 24.9 Å². The van der Waals surface area contributed by atoms with E-state index in [0.717, 1.165) is 5.69 Å². The quantitative estimate of drug-likeness (QED) is 0.831. The maximum atomic E-state index is 12.7. The minimum absolute atomic E-state index is 0.216. The highest BCUT2D eigenvalue weighted by Gasteiger charge is 2.38. The molecule has 0 bridgehead atoms. The van der Waals surface area contributed by atoms with Crippen LogP contribution in [0.5, 0.6) is 0 Å². The van der Waals surface area contributed by atoms with Crippen molar-refractivity contribution in [2.24, 2.45) is 7.05 Å². The fourth-order valence-corrected chi connectivity index (χ4v) is 2.41. The average molecular weight is 364 g/mol. The molecule has 132 valence electrons. The summed E-state index contributed by atoms with van der Waals surface area (Å²) in [6, 6.07) is 0. The van der Waals surface area contributed by atoms with E-state index >= 15 is 0 Å². The zero-order chi connectivity index (χ0) is 18.1. The largest absolute Gasteiger partial charge is 0.436 e. The minimum atomic E-state index is -4.58. The molecule has 24 heavy (non-hydrogen) atoms. The second kappa shape index (κ2) is 6.84. The summed E-state index contributed by atoms with van der Waals surface area (Å²) in [4.78, 5) is 12.0. The molecule has 0 saturated heterocycles. The lowest BCUT2D eigenvalue weighted by Gasteiger charge is -2.06. The van der Waals surface area contributed by atoms with Gasteiger partial charge in [-0.2, -0.15) is 23.4 Å². The highest BCUT2D eigenvalue weighted by Crippen LogP contribution is 2.35. The number of amides is 1. The molecule has 0 fully saturated rings. The summed E-state index contributed by atoms with van der Waals surface area (Å²) in [7, 11) is 1.73. The van der Waals surface area contributed by atoms with Gasteiger partial charge < -0.3 is 5.32 Å². The molecule has 0 spiro atoms. The van der Waals surface area contributed by atoms with E-state index in [1.165, 1.54) is 17.8 Å². The number of rotatable bonds is 5. The number of nitrogens with one attached hydrogen (secondary N) is 1. The maximum Gasteiger partial charge on any atom is 0.436 e. The van der Waals surface area contributed by atoms with Crippen molar-refractivity contribution < 1.29 is 18.0 Å². The van der Waals surface area contributed by atoms with Gasteiger partial charge in [-0.25, -0.2) is 0 Å². The van der Waals surface area contributed by atoms with Gasteiger partial charge in [-0.15, -0.1) is 0 Å². The lowest BCUT2D eigenvalue weighted by atomic mass is 10.2.